The van der Waals surface area contributed by atoms with Crippen LogP contribution >= 0.6 is 0 Å². The molecule has 0 unspecified atom stereocenters. The van der Waals surface area contributed by atoms with E-state index in [2.05, 4.69) is 36.9 Å². The Hall–Kier alpha value is -5.40. The lowest BCUT2D eigenvalue weighted by atomic mass is 10.1. The second-order valence-corrected chi connectivity index (χ2v) is 10.1. The van der Waals surface area contributed by atoms with Gasteiger partial charge in [-0.25, -0.2) is 28.8 Å². The van der Waals surface area contributed by atoms with Gasteiger partial charge in [-0.1, -0.05) is 50.6 Å². The van der Waals surface area contributed by atoms with Crippen molar-refractivity contribution in [2.45, 2.75) is 53.0 Å². The highest BCUT2D eigenvalue weighted by atomic mass is 16.6. The van der Waals surface area contributed by atoms with Gasteiger partial charge in [0.05, 0.1) is 0 Å². The van der Waals surface area contributed by atoms with Gasteiger partial charge in [0.1, 0.15) is 26.4 Å². The SMILES string of the molecule is C=C(C)C(=O)OCC(COC(=O)C(=C)C)OC(=O)NCc1cccc(CNC(=O)OC(COC(=O)C(=C)C)COC(=O)C(=C)C)c1. The third-order valence-electron chi connectivity index (χ3n) is 5.41. The summed E-state index contributed by atoms with van der Waals surface area (Å²) in [5.41, 5.74) is 1.82. The first-order valence-electron chi connectivity index (χ1n) is 13.9. The van der Waals surface area contributed by atoms with Gasteiger partial charge in [-0.15, -0.1) is 0 Å². The second kappa shape index (κ2) is 19.8. The number of benzene rings is 1. The highest BCUT2D eigenvalue weighted by Crippen LogP contribution is 2.08. The Morgan fingerprint density at radius 1 is 0.565 bits per heavy atom. The third kappa shape index (κ3) is 15.9. The van der Waals surface area contributed by atoms with Crippen molar-refractivity contribution in [3.8, 4) is 0 Å². The van der Waals surface area contributed by atoms with Crippen LogP contribution in [0.15, 0.2) is 72.9 Å². The van der Waals surface area contributed by atoms with E-state index in [1.807, 2.05) is 0 Å². The van der Waals surface area contributed by atoms with Crippen LogP contribution in [0, 0.1) is 0 Å². The van der Waals surface area contributed by atoms with Crippen LogP contribution in [-0.2, 0) is 60.7 Å². The van der Waals surface area contributed by atoms with Gasteiger partial charge < -0.3 is 39.1 Å². The van der Waals surface area contributed by atoms with Crippen LogP contribution < -0.4 is 10.6 Å². The summed E-state index contributed by atoms with van der Waals surface area (Å²) in [6.45, 7) is 18.2. The van der Waals surface area contributed by atoms with Crippen molar-refractivity contribution in [1.82, 2.24) is 10.6 Å². The molecule has 14 nitrogen and oxygen atoms in total. The van der Waals surface area contributed by atoms with Gasteiger partial charge in [-0.2, -0.15) is 0 Å². The van der Waals surface area contributed by atoms with E-state index in [1.54, 1.807) is 24.3 Å². The molecule has 0 saturated heterocycles. The topological polar surface area (TPSA) is 182 Å². The van der Waals surface area contributed by atoms with Crippen molar-refractivity contribution in [2.24, 2.45) is 0 Å². The molecule has 1 aromatic carbocycles. The summed E-state index contributed by atoms with van der Waals surface area (Å²) in [7, 11) is 0. The molecule has 0 aliphatic carbocycles. The van der Waals surface area contributed by atoms with Gasteiger partial charge in [0.2, 0.25) is 0 Å². The monoisotopic (exact) mass is 644 g/mol. The van der Waals surface area contributed by atoms with Gasteiger partial charge >= 0.3 is 36.1 Å². The molecule has 250 valence electrons. The molecule has 2 N–H and O–H groups in total. The lowest BCUT2D eigenvalue weighted by Gasteiger charge is -2.19. The first-order chi connectivity index (χ1) is 21.6. The zero-order chi connectivity index (χ0) is 34.8. The van der Waals surface area contributed by atoms with Crippen LogP contribution in [0.3, 0.4) is 0 Å². The Kier molecular flexibility index (Phi) is 16.6. The average molecular weight is 645 g/mol. The van der Waals surface area contributed by atoms with Crippen molar-refractivity contribution in [2.75, 3.05) is 26.4 Å². The number of carbonyl (C=O) groups is 6. The number of alkyl carbamates (subject to hydrolysis) is 2. The lowest BCUT2D eigenvalue weighted by Crippen LogP contribution is -2.35. The molecule has 0 aromatic heterocycles. The highest BCUT2D eigenvalue weighted by molar-refractivity contribution is 5.88. The van der Waals surface area contributed by atoms with Crippen molar-refractivity contribution in [3.05, 3.63) is 84.0 Å². The Balaban J connectivity index is 2.72. The maximum absolute atomic E-state index is 12.5. The molecule has 46 heavy (non-hydrogen) atoms. The van der Waals surface area contributed by atoms with E-state index >= 15 is 0 Å². The normalized spacial score (nSPS) is 10.2. The quantitative estimate of drug-likeness (QED) is 0.135. The number of hydrogen-bond acceptors (Lipinski definition) is 12. The fourth-order valence-electron chi connectivity index (χ4n) is 2.98. The lowest BCUT2D eigenvalue weighted by molar-refractivity contribution is -0.149. The van der Waals surface area contributed by atoms with Crippen molar-refractivity contribution in [3.63, 3.8) is 0 Å². The predicted octanol–water partition coefficient (Wildman–Crippen LogP) is 3.35. The number of rotatable bonds is 18. The standard InChI is InChI=1S/C32H40N2O12/c1-19(2)27(35)41-15-25(16-42-28(36)20(3)4)45-31(39)33-13-23-10-9-11-24(12-23)14-34-32(40)46-26(17-43-29(37)21(5)6)18-44-30(38)22(7)8/h9-12,25-26H,1,3,5,7,13-18H2,2,4,6,8H3,(H,33,39)(H,34,40). The maximum Gasteiger partial charge on any atom is 0.407 e. The largest absolute Gasteiger partial charge is 0.458 e. The van der Waals surface area contributed by atoms with Gasteiger partial charge in [0, 0.05) is 35.4 Å². The van der Waals surface area contributed by atoms with Crippen molar-refractivity contribution in [1.29, 1.82) is 0 Å². The Bertz CT molecular complexity index is 1190. The molecule has 1 aromatic rings. The number of nitrogens with one attached hydrogen (secondary N) is 2. The Morgan fingerprint density at radius 3 is 1.11 bits per heavy atom. The molecule has 1 rings (SSSR count). The van der Waals surface area contributed by atoms with Crippen LogP contribution in [0.1, 0.15) is 38.8 Å². The van der Waals surface area contributed by atoms with Crippen molar-refractivity contribution < 1.29 is 57.2 Å². The minimum atomic E-state index is -1.11. The van der Waals surface area contributed by atoms with Gasteiger partial charge in [-0.3, -0.25) is 0 Å². The number of hydrogen-bond donors (Lipinski definition) is 2. The molecule has 14 heteroatoms. The fourth-order valence-corrected chi connectivity index (χ4v) is 2.98. The van der Waals surface area contributed by atoms with Crippen molar-refractivity contribution >= 4 is 36.1 Å². The molecular weight excluding hydrogens is 604 g/mol. The summed E-state index contributed by atoms with van der Waals surface area (Å²) >= 11 is 0. The summed E-state index contributed by atoms with van der Waals surface area (Å²) in [4.78, 5) is 71.9. The van der Waals surface area contributed by atoms with E-state index in [0.29, 0.717) is 11.1 Å². The molecule has 0 saturated carbocycles. The van der Waals surface area contributed by atoms with Gasteiger partial charge in [-0.05, 0) is 38.8 Å². The fraction of sp³-hybridized carbons (Fsp3) is 0.375. The first kappa shape index (κ1) is 38.6. The van der Waals surface area contributed by atoms with Crippen LogP contribution in [0.4, 0.5) is 9.59 Å². The maximum atomic E-state index is 12.5. The Labute approximate surface area is 267 Å². The summed E-state index contributed by atoms with van der Waals surface area (Å²) in [6.07, 6.45) is -3.96. The minimum absolute atomic E-state index is 0.0190. The number of esters is 4. The van der Waals surface area contributed by atoms with Crippen LogP contribution in [-0.4, -0.2) is 74.7 Å². The van der Waals surface area contributed by atoms with Crippen LogP contribution in [0.5, 0.6) is 0 Å². The van der Waals surface area contributed by atoms with Gasteiger partial charge in [0.15, 0.2) is 12.2 Å². The molecule has 2 amide bonds. The average Bonchev–Trinajstić information content (AvgIpc) is 3.00. The highest BCUT2D eigenvalue weighted by Gasteiger charge is 2.21. The first-order valence-corrected chi connectivity index (χ1v) is 13.9. The molecule has 0 radical (unpaired) electrons. The minimum Gasteiger partial charge on any atom is -0.458 e. The van der Waals surface area contributed by atoms with Gasteiger partial charge in [0.25, 0.3) is 0 Å². The molecule has 0 aliphatic rings. The smallest absolute Gasteiger partial charge is 0.407 e. The van der Waals surface area contributed by atoms with E-state index < -0.39 is 48.3 Å². The molecule has 0 fully saturated rings. The number of amides is 2. The number of ether oxygens (including phenoxy) is 6. The molecule has 0 spiro atoms. The molecule has 0 bridgehead atoms. The van der Waals surface area contributed by atoms with Crippen LogP contribution in [0.2, 0.25) is 0 Å². The second-order valence-electron chi connectivity index (χ2n) is 10.1. The summed E-state index contributed by atoms with van der Waals surface area (Å²) in [5, 5.41) is 5.09. The number of carbonyl (C=O) groups excluding carboxylic acids is 6. The molecular formula is C32H40N2O12. The van der Waals surface area contributed by atoms with E-state index in [0.717, 1.165) is 0 Å². The summed E-state index contributed by atoms with van der Waals surface area (Å²) in [6, 6.07) is 6.82. The molecule has 0 aliphatic heterocycles. The van der Waals surface area contributed by atoms with E-state index in [9.17, 15) is 28.8 Å². The molecule has 0 atom stereocenters. The van der Waals surface area contributed by atoms with E-state index in [1.165, 1.54) is 27.7 Å². The molecule has 0 heterocycles. The zero-order valence-corrected chi connectivity index (χ0v) is 26.4. The predicted molar refractivity (Wildman–Crippen MR) is 164 cm³/mol. The third-order valence-corrected chi connectivity index (χ3v) is 5.41. The summed E-state index contributed by atoms with van der Waals surface area (Å²) in [5.74, 6) is -2.82. The Morgan fingerprint density at radius 2 is 0.848 bits per heavy atom. The van der Waals surface area contributed by atoms with Crippen LogP contribution in [0.25, 0.3) is 0 Å². The van der Waals surface area contributed by atoms with E-state index in [4.69, 9.17) is 28.4 Å². The van der Waals surface area contributed by atoms with E-state index in [-0.39, 0.29) is 61.8 Å². The summed E-state index contributed by atoms with van der Waals surface area (Å²) < 4.78 is 30.6. The zero-order valence-electron chi connectivity index (χ0n) is 26.4.